The van der Waals surface area contributed by atoms with Crippen LogP contribution in [0.1, 0.15) is 65.7 Å². The zero-order valence-corrected chi connectivity index (χ0v) is 13.1. The number of hydrogen-bond acceptors (Lipinski definition) is 3. The van der Waals surface area contributed by atoms with E-state index in [0.717, 1.165) is 38.3 Å². The minimum absolute atomic E-state index is 0.118. The summed E-state index contributed by atoms with van der Waals surface area (Å²) in [6.45, 7) is 8.50. The molecular formula is C16H33NO2. The van der Waals surface area contributed by atoms with Crippen molar-refractivity contribution in [3.8, 4) is 0 Å². The van der Waals surface area contributed by atoms with E-state index in [1.807, 2.05) is 0 Å². The van der Waals surface area contributed by atoms with E-state index in [4.69, 9.17) is 4.74 Å². The Balaban J connectivity index is 2.10. The first-order chi connectivity index (χ1) is 9.11. The number of aliphatic hydroxyl groups excluding tert-OH is 1. The molecule has 3 heteroatoms. The van der Waals surface area contributed by atoms with Crippen LogP contribution in [0.4, 0.5) is 0 Å². The van der Waals surface area contributed by atoms with Gasteiger partial charge in [0.05, 0.1) is 12.7 Å². The smallest absolute Gasteiger partial charge is 0.0610 e. The molecule has 0 radical (unpaired) electrons. The van der Waals surface area contributed by atoms with Crippen molar-refractivity contribution in [1.82, 2.24) is 5.32 Å². The second-order valence-corrected chi connectivity index (χ2v) is 6.38. The molecule has 19 heavy (non-hydrogen) atoms. The maximum Gasteiger partial charge on any atom is 0.0610 e. The van der Waals surface area contributed by atoms with E-state index in [-0.39, 0.29) is 12.1 Å². The number of rotatable bonds is 9. The van der Waals surface area contributed by atoms with Crippen LogP contribution in [-0.4, -0.2) is 36.5 Å². The summed E-state index contributed by atoms with van der Waals surface area (Å²) in [5, 5.41) is 12.8. The van der Waals surface area contributed by atoms with E-state index in [1.54, 1.807) is 0 Å². The number of hydrogen-bond donors (Lipinski definition) is 2. The van der Waals surface area contributed by atoms with E-state index < -0.39 is 0 Å². The minimum Gasteiger partial charge on any atom is -0.394 e. The Bertz CT molecular complexity index is 235. The van der Waals surface area contributed by atoms with Crippen molar-refractivity contribution >= 4 is 0 Å². The highest BCUT2D eigenvalue weighted by Crippen LogP contribution is 2.26. The number of aliphatic hydroxyl groups is 1. The summed E-state index contributed by atoms with van der Waals surface area (Å²) in [6, 6.07) is 0. The summed E-state index contributed by atoms with van der Waals surface area (Å²) in [5.41, 5.74) is -0.118. The molecule has 0 saturated heterocycles. The molecule has 0 aromatic carbocycles. The molecule has 0 spiro atoms. The number of ether oxygens (including phenoxy) is 1. The Hall–Kier alpha value is -0.120. The Morgan fingerprint density at radius 1 is 1.26 bits per heavy atom. The van der Waals surface area contributed by atoms with Gasteiger partial charge in [0.15, 0.2) is 0 Å². The fourth-order valence-electron chi connectivity index (χ4n) is 3.03. The highest BCUT2D eigenvalue weighted by molar-refractivity contribution is 4.81. The van der Waals surface area contributed by atoms with Gasteiger partial charge in [0, 0.05) is 12.1 Å². The molecule has 0 amide bonds. The molecule has 0 heterocycles. The average molecular weight is 271 g/mol. The fraction of sp³-hybridized carbons (Fsp3) is 1.00. The largest absolute Gasteiger partial charge is 0.394 e. The van der Waals surface area contributed by atoms with Crippen molar-refractivity contribution in [2.45, 2.75) is 77.4 Å². The summed E-state index contributed by atoms with van der Waals surface area (Å²) in [5.74, 6) is 0.734. The first-order valence-corrected chi connectivity index (χ1v) is 8.09. The van der Waals surface area contributed by atoms with Crippen molar-refractivity contribution in [2.75, 3.05) is 19.8 Å². The Kier molecular flexibility index (Phi) is 7.96. The maximum atomic E-state index is 9.42. The van der Waals surface area contributed by atoms with Gasteiger partial charge in [-0.15, -0.1) is 0 Å². The molecule has 0 aromatic heterocycles. The zero-order chi connectivity index (χ0) is 14.1. The summed E-state index contributed by atoms with van der Waals surface area (Å²) >= 11 is 0. The zero-order valence-electron chi connectivity index (χ0n) is 13.1. The highest BCUT2D eigenvalue weighted by Gasteiger charge is 2.22. The van der Waals surface area contributed by atoms with Crippen LogP contribution in [0.2, 0.25) is 0 Å². The van der Waals surface area contributed by atoms with Gasteiger partial charge in [0.2, 0.25) is 0 Å². The molecule has 3 nitrogen and oxygen atoms in total. The van der Waals surface area contributed by atoms with Crippen molar-refractivity contribution in [3.05, 3.63) is 0 Å². The van der Waals surface area contributed by atoms with Gasteiger partial charge in [-0.25, -0.2) is 0 Å². The lowest BCUT2D eigenvalue weighted by Crippen LogP contribution is -2.45. The van der Waals surface area contributed by atoms with Gasteiger partial charge >= 0.3 is 0 Å². The molecule has 1 fully saturated rings. The average Bonchev–Trinajstić information content (AvgIpc) is 2.41. The topological polar surface area (TPSA) is 41.5 Å². The van der Waals surface area contributed by atoms with E-state index >= 15 is 0 Å². The van der Waals surface area contributed by atoms with Crippen molar-refractivity contribution < 1.29 is 9.84 Å². The molecule has 0 aliphatic heterocycles. The van der Waals surface area contributed by atoms with Gasteiger partial charge in [-0.2, -0.15) is 0 Å². The highest BCUT2D eigenvalue weighted by atomic mass is 16.5. The van der Waals surface area contributed by atoms with Crippen molar-refractivity contribution in [2.24, 2.45) is 5.92 Å². The van der Waals surface area contributed by atoms with Crippen LogP contribution in [-0.2, 0) is 4.74 Å². The maximum absolute atomic E-state index is 9.42. The quantitative estimate of drug-likeness (QED) is 0.633. The molecule has 3 atom stereocenters. The lowest BCUT2D eigenvalue weighted by atomic mass is 9.88. The third-order valence-electron chi connectivity index (χ3n) is 4.44. The second-order valence-electron chi connectivity index (χ2n) is 6.38. The van der Waals surface area contributed by atoms with Crippen LogP contribution < -0.4 is 5.32 Å². The molecule has 114 valence electrons. The Labute approximate surface area is 119 Å². The molecule has 2 N–H and O–H groups in total. The lowest BCUT2D eigenvalue weighted by Gasteiger charge is -2.30. The summed E-state index contributed by atoms with van der Waals surface area (Å²) < 4.78 is 6.02. The van der Waals surface area contributed by atoms with Gasteiger partial charge in [-0.1, -0.05) is 26.7 Å². The number of likely N-dealkylation sites (N-methyl/N-ethyl adjacent to an activating group) is 1. The number of unbranched alkanes of at least 4 members (excludes halogenated alkanes) is 1. The lowest BCUT2D eigenvalue weighted by molar-refractivity contribution is -0.00726. The standard InChI is InChI=1S/C16H33NO2/c1-4-17-16(3,13-18)11-7-8-12-19-15-10-6-5-9-14(15)2/h14-15,17-18H,4-13H2,1-3H3. The molecule has 1 rings (SSSR count). The van der Waals surface area contributed by atoms with Crippen molar-refractivity contribution in [3.63, 3.8) is 0 Å². The second kappa shape index (κ2) is 8.93. The van der Waals surface area contributed by atoms with Crippen LogP contribution in [0.15, 0.2) is 0 Å². The summed E-state index contributed by atoms with van der Waals surface area (Å²) in [7, 11) is 0. The predicted octanol–water partition coefficient (Wildman–Crippen LogP) is 3.11. The molecule has 1 aliphatic carbocycles. The molecule has 1 saturated carbocycles. The van der Waals surface area contributed by atoms with Gasteiger partial charge < -0.3 is 15.2 Å². The molecule has 3 unspecified atom stereocenters. The monoisotopic (exact) mass is 271 g/mol. The Morgan fingerprint density at radius 3 is 2.63 bits per heavy atom. The van der Waals surface area contributed by atoms with Gasteiger partial charge in [-0.3, -0.25) is 0 Å². The molecular weight excluding hydrogens is 238 g/mol. The fourth-order valence-corrected chi connectivity index (χ4v) is 3.03. The summed E-state index contributed by atoms with van der Waals surface area (Å²) in [6.07, 6.45) is 9.00. The van der Waals surface area contributed by atoms with Crippen molar-refractivity contribution in [1.29, 1.82) is 0 Å². The SMILES string of the molecule is CCNC(C)(CO)CCCCOC1CCCCC1C. The third kappa shape index (κ3) is 6.24. The normalized spacial score (nSPS) is 27.2. The summed E-state index contributed by atoms with van der Waals surface area (Å²) in [4.78, 5) is 0. The van der Waals surface area contributed by atoms with Gasteiger partial charge in [0.1, 0.15) is 0 Å². The van der Waals surface area contributed by atoms with Crippen LogP contribution in [0.25, 0.3) is 0 Å². The predicted molar refractivity (Wildman–Crippen MR) is 80.4 cm³/mol. The number of nitrogens with one attached hydrogen (secondary N) is 1. The van der Waals surface area contributed by atoms with Crippen LogP contribution in [0.3, 0.4) is 0 Å². The first-order valence-electron chi connectivity index (χ1n) is 8.09. The van der Waals surface area contributed by atoms with E-state index in [1.165, 1.54) is 25.7 Å². The Morgan fingerprint density at radius 2 is 2.00 bits per heavy atom. The van der Waals surface area contributed by atoms with E-state index in [9.17, 15) is 5.11 Å². The van der Waals surface area contributed by atoms with E-state index in [2.05, 4.69) is 26.1 Å². The van der Waals surface area contributed by atoms with Crippen LogP contribution >= 0.6 is 0 Å². The molecule has 0 bridgehead atoms. The first kappa shape index (κ1) is 16.9. The molecule has 1 aliphatic rings. The van der Waals surface area contributed by atoms with Gasteiger partial charge in [-0.05, 0) is 51.5 Å². The third-order valence-corrected chi connectivity index (χ3v) is 4.44. The molecule has 0 aromatic rings. The van der Waals surface area contributed by atoms with Crippen LogP contribution in [0.5, 0.6) is 0 Å². The van der Waals surface area contributed by atoms with E-state index in [0.29, 0.717) is 6.10 Å². The minimum atomic E-state index is -0.118. The van der Waals surface area contributed by atoms with Crippen LogP contribution in [0, 0.1) is 5.92 Å². The van der Waals surface area contributed by atoms with Gasteiger partial charge in [0.25, 0.3) is 0 Å².